The molecule has 1 aliphatic rings. The summed E-state index contributed by atoms with van der Waals surface area (Å²) in [7, 11) is -1.80. The van der Waals surface area contributed by atoms with Crippen molar-refractivity contribution in [2.75, 3.05) is 0 Å². The van der Waals surface area contributed by atoms with Gasteiger partial charge in [0.1, 0.15) is 5.82 Å². The molecule has 1 aliphatic heterocycles. The zero-order valence-corrected chi connectivity index (χ0v) is 13.4. The molecule has 0 bridgehead atoms. The molecule has 0 atom stereocenters. The molecule has 3 aromatic rings. The molecule has 0 aromatic heterocycles. The normalized spacial score (nSPS) is 14.7. The highest BCUT2D eigenvalue weighted by atomic mass is 19.1. The lowest BCUT2D eigenvalue weighted by Gasteiger charge is -2.31. The molecule has 0 aliphatic carbocycles. The summed E-state index contributed by atoms with van der Waals surface area (Å²) in [6, 6.07) is 25.5. The standard InChI is InChI=1S/C18H14B3FO3/c22-18-13-11-17(12-14-18)21-24-19(15-7-3-1-4-8-15)23-20(25-21)16-9-5-2-6-10-16/h1-14H. The number of hydrogen-bond acceptors (Lipinski definition) is 3. The Hall–Kier alpha value is -2.34. The van der Waals surface area contributed by atoms with Gasteiger partial charge in [-0.1, -0.05) is 72.8 Å². The second-order valence-corrected chi connectivity index (χ2v) is 5.78. The van der Waals surface area contributed by atoms with E-state index in [1.165, 1.54) is 12.1 Å². The summed E-state index contributed by atoms with van der Waals surface area (Å²) in [5.41, 5.74) is 2.55. The van der Waals surface area contributed by atoms with Gasteiger partial charge in [0.05, 0.1) is 0 Å². The van der Waals surface area contributed by atoms with Gasteiger partial charge in [-0.25, -0.2) is 4.39 Å². The average Bonchev–Trinajstić information content (AvgIpc) is 2.69. The monoisotopic (exact) mass is 330 g/mol. The fourth-order valence-corrected chi connectivity index (χ4v) is 2.74. The molecule has 1 heterocycles. The summed E-state index contributed by atoms with van der Waals surface area (Å²) in [4.78, 5) is 0. The molecule has 120 valence electrons. The van der Waals surface area contributed by atoms with Gasteiger partial charge < -0.3 is 13.7 Å². The molecule has 0 unspecified atom stereocenters. The predicted molar refractivity (Wildman–Crippen MR) is 98.7 cm³/mol. The van der Waals surface area contributed by atoms with Crippen LogP contribution in [0.3, 0.4) is 0 Å². The van der Waals surface area contributed by atoms with Gasteiger partial charge in [-0.2, -0.15) is 0 Å². The lowest BCUT2D eigenvalue weighted by molar-refractivity contribution is 0.308. The van der Waals surface area contributed by atoms with Crippen LogP contribution in [0.2, 0.25) is 0 Å². The van der Waals surface area contributed by atoms with E-state index in [0.29, 0.717) is 0 Å². The molecule has 0 amide bonds. The van der Waals surface area contributed by atoms with Crippen molar-refractivity contribution in [2.45, 2.75) is 0 Å². The van der Waals surface area contributed by atoms with Crippen molar-refractivity contribution in [3.8, 4) is 0 Å². The number of benzene rings is 3. The number of hydrogen-bond donors (Lipinski definition) is 0. The lowest BCUT2D eigenvalue weighted by atomic mass is 9.61. The molecular formula is C18H14B3FO3. The van der Waals surface area contributed by atoms with Crippen LogP contribution >= 0.6 is 0 Å². The van der Waals surface area contributed by atoms with Crippen LogP contribution in [-0.2, 0) is 13.7 Å². The zero-order valence-electron chi connectivity index (χ0n) is 13.4. The number of rotatable bonds is 3. The molecule has 25 heavy (non-hydrogen) atoms. The molecule has 0 radical (unpaired) electrons. The number of halogens is 1. The maximum absolute atomic E-state index is 13.2. The van der Waals surface area contributed by atoms with Gasteiger partial charge in [0, 0.05) is 0 Å². The van der Waals surface area contributed by atoms with E-state index in [0.717, 1.165) is 16.4 Å². The minimum absolute atomic E-state index is 0.296. The largest absolute Gasteiger partial charge is 0.467 e. The summed E-state index contributed by atoms with van der Waals surface area (Å²) >= 11 is 0. The molecule has 0 saturated carbocycles. The van der Waals surface area contributed by atoms with Crippen molar-refractivity contribution in [3.63, 3.8) is 0 Å². The van der Waals surface area contributed by atoms with E-state index in [9.17, 15) is 4.39 Å². The Morgan fingerprint density at radius 1 is 0.480 bits per heavy atom. The van der Waals surface area contributed by atoms with E-state index in [1.807, 2.05) is 60.7 Å². The van der Waals surface area contributed by atoms with E-state index in [-0.39, 0.29) is 5.82 Å². The van der Waals surface area contributed by atoms with Gasteiger partial charge in [-0.05, 0) is 28.5 Å². The van der Waals surface area contributed by atoms with Gasteiger partial charge in [-0.3, -0.25) is 0 Å². The Bertz CT molecular complexity index is 770. The van der Waals surface area contributed by atoms with Gasteiger partial charge >= 0.3 is 21.4 Å². The molecular weight excluding hydrogens is 316 g/mol. The molecule has 1 saturated heterocycles. The third-order valence-corrected chi connectivity index (χ3v) is 4.03. The van der Waals surface area contributed by atoms with E-state index >= 15 is 0 Å². The molecule has 1 fully saturated rings. The van der Waals surface area contributed by atoms with Crippen LogP contribution in [0.4, 0.5) is 4.39 Å². The van der Waals surface area contributed by atoms with E-state index in [1.54, 1.807) is 12.1 Å². The van der Waals surface area contributed by atoms with E-state index in [4.69, 9.17) is 13.7 Å². The van der Waals surface area contributed by atoms with Gasteiger partial charge in [-0.15, -0.1) is 0 Å². The summed E-state index contributed by atoms with van der Waals surface area (Å²) < 4.78 is 31.2. The van der Waals surface area contributed by atoms with Gasteiger partial charge in [0.2, 0.25) is 0 Å². The molecule has 7 heteroatoms. The minimum atomic E-state index is -0.648. The van der Waals surface area contributed by atoms with Crippen LogP contribution in [0, 0.1) is 5.82 Å². The third kappa shape index (κ3) is 3.69. The first-order valence-electron chi connectivity index (χ1n) is 8.11. The van der Waals surface area contributed by atoms with Crippen LogP contribution < -0.4 is 16.4 Å². The zero-order chi connectivity index (χ0) is 17.1. The highest BCUT2D eigenvalue weighted by Gasteiger charge is 2.43. The first-order valence-corrected chi connectivity index (χ1v) is 8.11. The summed E-state index contributed by atoms with van der Waals surface area (Å²) in [6.07, 6.45) is 0. The predicted octanol–water partition coefficient (Wildman–Crippen LogP) is 1.38. The van der Waals surface area contributed by atoms with Crippen molar-refractivity contribution >= 4 is 37.7 Å². The van der Waals surface area contributed by atoms with Crippen molar-refractivity contribution in [1.82, 2.24) is 0 Å². The Balaban J connectivity index is 1.66. The van der Waals surface area contributed by atoms with E-state index in [2.05, 4.69) is 0 Å². The van der Waals surface area contributed by atoms with E-state index < -0.39 is 21.4 Å². The first kappa shape index (κ1) is 16.2. The highest BCUT2D eigenvalue weighted by molar-refractivity contribution is 6.87. The van der Waals surface area contributed by atoms with Crippen LogP contribution in [-0.4, -0.2) is 21.4 Å². The second-order valence-electron chi connectivity index (χ2n) is 5.78. The van der Waals surface area contributed by atoms with Crippen molar-refractivity contribution in [2.24, 2.45) is 0 Å². The van der Waals surface area contributed by atoms with Crippen LogP contribution in [0.5, 0.6) is 0 Å². The molecule has 0 spiro atoms. The molecule has 3 nitrogen and oxygen atoms in total. The molecule has 0 N–H and O–H groups in total. The maximum Gasteiger partial charge on any atom is 0.467 e. The summed E-state index contributed by atoms with van der Waals surface area (Å²) in [5.74, 6) is -0.296. The quantitative estimate of drug-likeness (QED) is 0.679. The Morgan fingerprint density at radius 3 is 1.24 bits per heavy atom. The van der Waals surface area contributed by atoms with Crippen molar-refractivity contribution < 1.29 is 18.1 Å². The second kappa shape index (κ2) is 7.27. The Kier molecular flexibility index (Phi) is 4.70. The smallest absolute Gasteiger partial charge is 0.445 e. The lowest BCUT2D eigenvalue weighted by Crippen LogP contribution is -2.61. The maximum atomic E-state index is 13.2. The SMILES string of the molecule is Fc1ccc(B2OB(c3ccccc3)OB(c3ccccc3)O2)cc1. The molecule has 4 rings (SSSR count). The van der Waals surface area contributed by atoms with Crippen LogP contribution in [0.25, 0.3) is 0 Å². The van der Waals surface area contributed by atoms with Crippen molar-refractivity contribution in [3.05, 3.63) is 90.7 Å². The van der Waals surface area contributed by atoms with Crippen molar-refractivity contribution in [1.29, 1.82) is 0 Å². The fourth-order valence-electron chi connectivity index (χ4n) is 2.74. The molecule has 3 aromatic carbocycles. The summed E-state index contributed by atoms with van der Waals surface area (Å²) in [6.45, 7) is 0. The van der Waals surface area contributed by atoms with Gasteiger partial charge in [0.15, 0.2) is 0 Å². The van der Waals surface area contributed by atoms with Crippen LogP contribution in [0.1, 0.15) is 0 Å². The third-order valence-electron chi connectivity index (χ3n) is 4.03. The average molecular weight is 330 g/mol. The minimum Gasteiger partial charge on any atom is -0.445 e. The Morgan fingerprint density at radius 2 is 0.840 bits per heavy atom. The van der Waals surface area contributed by atoms with Gasteiger partial charge in [0.25, 0.3) is 0 Å². The summed E-state index contributed by atoms with van der Waals surface area (Å²) in [5, 5.41) is 0. The highest BCUT2D eigenvalue weighted by Crippen LogP contribution is 2.10. The Labute approximate surface area is 147 Å². The topological polar surface area (TPSA) is 27.7 Å². The fraction of sp³-hybridized carbons (Fsp3) is 0. The first-order chi connectivity index (χ1) is 12.3. The van der Waals surface area contributed by atoms with Crippen LogP contribution in [0.15, 0.2) is 84.9 Å².